The molecule has 0 spiro atoms. The van der Waals surface area contributed by atoms with Gasteiger partial charge in [0, 0.05) is 15.6 Å². The van der Waals surface area contributed by atoms with Gasteiger partial charge in [0.15, 0.2) is 0 Å². The van der Waals surface area contributed by atoms with Crippen molar-refractivity contribution in [2.75, 3.05) is 0 Å². The van der Waals surface area contributed by atoms with Crippen LogP contribution in [0.3, 0.4) is 0 Å². The highest BCUT2D eigenvalue weighted by Gasteiger charge is 2.29. The van der Waals surface area contributed by atoms with E-state index in [4.69, 9.17) is 5.73 Å². The maximum Gasteiger partial charge on any atom is 0.226 e. The van der Waals surface area contributed by atoms with Gasteiger partial charge in [0.1, 0.15) is 0 Å². The number of benzene rings is 1. The third kappa shape index (κ3) is 2.18. The monoisotopic (exact) mass is 319 g/mol. The smallest absolute Gasteiger partial charge is 0.226 e. The normalized spacial score (nSPS) is 18.1. The summed E-state index contributed by atoms with van der Waals surface area (Å²) in [6.07, 6.45) is 2.73. The van der Waals surface area contributed by atoms with E-state index in [1.54, 1.807) is 0 Å². The molecule has 1 heterocycles. The van der Waals surface area contributed by atoms with Crippen LogP contribution in [0.1, 0.15) is 30.0 Å². The minimum absolute atomic E-state index is 0.222. The molecular formula is C14H14BrN3O. The Morgan fingerprint density at radius 1 is 1.37 bits per heavy atom. The van der Waals surface area contributed by atoms with Crippen molar-refractivity contribution in [1.82, 2.24) is 10.2 Å². The molecule has 0 fully saturated rings. The van der Waals surface area contributed by atoms with E-state index >= 15 is 0 Å². The van der Waals surface area contributed by atoms with Crippen molar-refractivity contribution in [1.29, 1.82) is 0 Å². The molecule has 5 heteroatoms. The summed E-state index contributed by atoms with van der Waals surface area (Å²) in [5, 5.41) is 7.39. The highest BCUT2D eigenvalue weighted by Crippen LogP contribution is 2.35. The Morgan fingerprint density at radius 3 is 2.79 bits per heavy atom. The molecule has 1 atom stereocenters. The van der Waals surface area contributed by atoms with Gasteiger partial charge in [0.2, 0.25) is 5.91 Å². The topological polar surface area (TPSA) is 71.8 Å². The van der Waals surface area contributed by atoms with Crippen molar-refractivity contribution < 1.29 is 4.79 Å². The molecule has 1 aliphatic carbocycles. The van der Waals surface area contributed by atoms with Crippen LogP contribution in [-0.2, 0) is 11.2 Å². The minimum Gasteiger partial charge on any atom is -0.369 e. The summed E-state index contributed by atoms with van der Waals surface area (Å²) < 4.78 is 1.04. The second kappa shape index (κ2) is 4.81. The molecule has 0 saturated carbocycles. The highest BCUT2D eigenvalue weighted by molar-refractivity contribution is 9.10. The average Bonchev–Trinajstić information content (AvgIpc) is 2.83. The molecule has 1 aliphatic rings. The molecule has 1 aromatic carbocycles. The molecule has 1 amide bonds. The average molecular weight is 320 g/mol. The maximum atomic E-state index is 11.5. The number of nitrogens with zero attached hydrogens (tertiary/aromatic N) is 1. The second-order valence-electron chi connectivity index (χ2n) is 4.82. The fourth-order valence-corrected chi connectivity index (χ4v) is 2.94. The van der Waals surface area contributed by atoms with Gasteiger partial charge < -0.3 is 5.73 Å². The van der Waals surface area contributed by atoms with Crippen molar-refractivity contribution >= 4 is 21.8 Å². The number of aromatic nitrogens is 2. The number of amides is 1. The number of fused-ring (bicyclic) bond motifs is 1. The number of H-pyrrole nitrogens is 1. The van der Waals surface area contributed by atoms with Gasteiger partial charge in [-0.05, 0) is 31.4 Å². The predicted octanol–water partition coefficient (Wildman–Crippen LogP) is 2.74. The first kappa shape index (κ1) is 12.4. The van der Waals surface area contributed by atoms with Crippen LogP contribution in [0.2, 0.25) is 0 Å². The molecule has 98 valence electrons. The van der Waals surface area contributed by atoms with Crippen LogP contribution >= 0.6 is 15.9 Å². The molecule has 19 heavy (non-hydrogen) atoms. The number of rotatable bonds is 2. The van der Waals surface area contributed by atoms with E-state index in [0.717, 1.165) is 46.2 Å². The van der Waals surface area contributed by atoms with E-state index in [0.29, 0.717) is 0 Å². The van der Waals surface area contributed by atoms with Gasteiger partial charge in [-0.15, -0.1) is 0 Å². The number of halogens is 1. The predicted molar refractivity (Wildman–Crippen MR) is 76.6 cm³/mol. The first-order valence-electron chi connectivity index (χ1n) is 6.29. The summed E-state index contributed by atoms with van der Waals surface area (Å²) in [7, 11) is 0. The van der Waals surface area contributed by atoms with E-state index < -0.39 is 0 Å². The van der Waals surface area contributed by atoms with E-state index in [9.17, 15) is 4.79 Å². The van der Waals surface area contributed by atoms with Crippen molar-refractivity contribution in [3.05, 3.63) is 40.0 Å². The Kier molecular flexibility index (Phi) is 3.14. The quantitative estimate of drug-likeness (QED) is 0.893. The van der Waals surface area contributed by atoms with Crippen LogP contribution in [0, 0.1) is 0 Å². The summed E-state index contributed by atoms with van der Waals surface area (Å²) in [6.45, 7) is 0. The zero-order chi connectivity index (χ0) is 13.4. The third-order valence-electron chi connectivity index (χ3n) is 3.63. The molecule has 0 radical (unpaired) electrons. The van der Waals surface area contributed by atoms with Crippen LogP contribution in [0.4, 0.5) is 0 Å². The van der Waals surface area contributed by atoms with Crippen LogP contribution in [0.5, 0.6) is 0 Å². The van der Waals surface area contributed by atoms with E-state index in [1.807, 2.05) is 24.3 Å². The van der Waals surface area contributed by atoms with Crippen molar-refractivity contribution in [3.8, 4) is 11.3 Å². The Morgan fingerprint density at radius 2 is 2.11 bits per heavy atom. The van der Waals surface area contributed by atoms with Crippen molar-refractivity contribution in [3.63, 3.8) is 0 Å². The van der Waals surface area contributed by atoms with Gasteiger partial charge in [0.05, 0.1) is 17.3 Å². The van der Waals surface area contributed by atoms with Gasteiger partial charge in [0.25, 0.3) is 0 Å². The van der Waals surface area contributed by atoms with Crippen LogP contribution < -0.4 is 5.73 Å². The number of carbonyl (C=O) groups excluding carboxylic acids is 1. The number of carbonyl (C=O) groups is 1. The molecule has 0 aliphatic heterocycles. The maximum absolute atomic E-state index is 11.5. The summed E-state index contributed by atoms with van der Waals surface area (Å²) >= 11 is 3.42. The molecule has 1 unspecified atom stereocenters. The SMILES string of the molecule is NC(=O)C1CCCc2c(-c3ccc(Br)cc3)n[nH]c21. The van der Waals surface area contributed by atoms with E-state index in [-0.39, 0.29) is 11.8 Å². The van der Waals surface area contributed by atoms with Gasteiger partial charge in [-0.3, -0.25) is 9.89 Å². The Labute approximate surface area is 119 Å². The van der Waals surface area contributed by atoms with Gasteiger partial charge in [-0.1, -0.05) is 28.1 Å². The molecular weight excluding hydrogens is 306 g/mol. The van der Waals surface area contributed by atoms with Crippen LogP contribution in [0.25, 0.3) is 11.3 Å². The molecule has 4 nitrogen and oxygen atoms in total. The number of aromatic amines is 1. The molecule has 2 aromatic rings. The molecule has 0 saturated heterocycles. The summed E-state index contributed by atoms with van der Waals surface area (Å²) in [4.78, 5) is 11.5. The van der Waals surface area contributed by atoms with E-state index in [1.165, 1.54) is 0 Å². The standard InChI is InChI=1S/C14H14BrN3O/c15-9-6-4-8(5-7-9)12-10-2-1-3-11(14(16)19)13(10)18-17-12/h4-7,11H,1-3H2,(H2,16,19)(H,17,18). The number of hydrogen-bond donors (Lipinski definition) is 2. The number of primary amides is 1. The molecule has 3 N–H and O–H groups in total. The number of nitrogens with two attached hydrogens (primary N) is 1. The van der Waals surface area contributed by atoms with Crippen LogP contribution in [0.15, 0.2) is 28.7 Å². The lowest BCUT2D eigenvalue weighted by Gasteiger charge is -2.19. The van der Waals surface area contributed by atoms with Gasteiger partial charge in [-0.25, -0.2) is 0 Å². The zero-order valence-corrected chi connectivity index (χ0v) is 11.9. The van der Waals surface area contributed by atoms with Crippen molar-refractivity contribution in [2.45, 2.75) is 25.2 Å². The molecule has 0 bridgehead atoms. The van der Waals surface area contributed by atoms with Gasteiger partial charge in [-0.2, -0.15) is 5.10 Å². The summed E-state index contributed by atoms with van der Waals surface area (Å²) in [5.74, 6) is -0.493. The molecule has 3 rings (SSSR count). The lowest BCUT2D eigenvalue weighted by atomic mass is 9.85. The Hall–Kier alpha value is -1.62. The first-order valence-corrected chi connectivity index (χ1v) is 7.08. The third-order valence-corrected chi connectivity index (χ3v) is 4.16. The fourth-order valence-electron chi connectivity index (χ4n) is 2.68. The summed E-state index contributed by atoms with van der Waals surface area (Å²) in [6, 6.07) is 8.03. The van der Waals surface area contributed by atoms with E-state index in [2.05, 4.69) is 26.1 Å². The Balaban J connectivity index is 2.05. The largest absolute Gasteiger partial charge is 0.369 e. The number of hydrogen-bond acceptors (Lipinski definition) is 2. The van der Waals surface area contributed by atoms with Gasteiger partial charge >= 0.3 is 0 Å². The highest BCUT2D eigenvalue weighted by atomic mass is 79.9. The first-order chi connectivity index (χ1) is 9.16. The molecule has 1 aromatic heterocycles. The van der Waals surface area contributed by atoms with Crippen molar-refractivity contribution in [2.24, 2.45) is 5.73 Å². The fraction of sp³-hybridized carbons (Fsp3) is 0.286. The zero-order valence-electron chi connectivity index (χ0n) is 10.3. The lowest BCUT2D eigenvalue weighted by Crippen LogP contribution is -2.25. The lowest BCUT2D eigenvalue weighted by molar-refractivity contribution is -0.119. The summed E-state index contributed by atoms with van der Waals surface area (Å²) in [5.41, 5.74) is 9.49. The second-order valence-corrected chi connectivity index (χ2v) is 5.73. The Bertz CT molecular complexity index is 618. The van der Waals surface area contributed by atoms with Crippen LogP contribution in [-0.4, -0.2) is 16.1 Å². The minimum atomic E-state index is -0.271. The number of nitrogens with one attached hydrogen (secondary N) is 1.